The molecule has 0 N–H and O–H groups in total. The van der Waals surface area contributed by atoms with Crippen molar-refractivity contribution >= 4 is 60.7 Å². The maximum Gasteiger partial charge on any atom is 0.0907 e. The molecule has 0 aliphatic heterocycles. The molecule has 8 aromatic rings. The second kappa shape index (κ2) is 9.07. The maximum atomic E-state index is 4.60. The zero-order valence-electron chi connectivity index (χ0n) is 21.6. The zero-order valence-corrected chi connectivity index (χ0v) is 21.6. The largest absolute Gasteiger partial charge is 0.310 e. The van der Waals surface area contributed by atoms with Gasteiger partial charge in [0.1, 0.15) is 0 Å². The molecule has 0 aliphatic rings. The van der Waals surface area contributed by atoms with Crippen molar-refractivity contribution in [2.75, 3.05) is 4.90 Å². The predicted molar refractivity (Wildman–Crippen MR) is 166 cm³/mol. The highest BCUT2D eigenvalue weighted by molar-refractivity contribution is 6.21. The molecule has 2 heterocycles. The Balaban J connectivity index is 1.46. The molecule has 0 bridgehead atoms. The molecule has 4 heteroatoms. The summed E-state index contributed by atoms with van der Waals surface area (Å²) in [5.41, 5.74) is 8.46. The summed E-state index contributed by atoms with van der Waals surface area (Å²) in [4.78, 5) is 11.4. The summed E-state index contributed by atoms with van der Waals surface area (Å²) in [6.45, 7) is 0. The molecule has 0 amide bonds. The van der Waals surface area contributed by atoms with Crippen LogP contribution in [-0.4, -0.2) is 14.5 Å². The lowest BCUT2D eigenvalue weighted by Crippen LogP contribution is -2.09. The average molecular weight is 513 g/mol. The van der Waals surface area contributed by atoms with Crippen molar-refractivity contribution in [1.82, 2.24) is 14.5 Å². The molecule has 0 aliphatic carbocycles. The molecule has 8 rings (SSSR count). The molecular formula is C36H24N4. The van der Waals surface area contributed by atoms with Gasteiger partial charge < -0.3 is 9.47 Å². The van der Waals surface area contributed by atoms with Crippen molar-refractivity contribution in [2.24, 2.45) is 0 Å². The van der Waals surface area contributed by atoms with Crippen molar-refractivity contribution in [3.63, 3.8) is 0 Å². The lowest BCUT2D eigenvalue weighted by atomic mass is 10.0. The molecule has 2 aromatic heterocycles. The van der Waals surface area contributed by atoms with Gasteiger partial charge in [0.2, 0.25) is 0 Å². The molecule has 4 nitrogen and oxygen atoms in total. The van der Waals surface area contributed by atoms with E-state index in [0.717, 1.165) is 39.3 Å². The Morgan fingerprint density at radius 2 is 1.18 bits per heavy atom. The van der Waals surface area contributed by atoms with Gasteiger partial charge in [-0.25, -0.2) is 0 Å². The van der Waals surface area contributed by atoms with Gasteiger partial charge in [-0.15, -0.1) is 0 Å². The molecular weight excluding hydrogens is 488 g/mol. The fraction of sp³-hybridized carbons (Fsp3) is 0. The molecule has 0 unspecified atom stereocenters. The third-order valence-electron chi connectivity index (χ3n) is 7.64. The molecule has 0 spiro atoms. The van der Waals surface area contributed by atoms with E-state index < -0.39 is 0 Å². The molecule has 0 saturated heterocycles. The quantitative estimate of drug-likeness (QED) is 0.236. The fourth-order valence-corrected chi connectivity index (χ4v) is 5.88. The van der Waals surface area contributed by atoms with Crippen molar-refractivity contribution < 1.29 is 0 Å². The zero-order chi connectivity index (χ0) is 26.5. The highest BCUT2D eigenvalue weighted by Crippen LogP contribution is 2.41. The van der Waals surface area contributed by atoms with E-state index in [1.807, 2.05) is 0 Å². The van der Waals surface area contributed by atoms with Crippen LogP contribution in [-0.2, 0) is 0 Å². The highest BCUT2D eigenvalue weighted by Gasteiger charge is 2.19. The molecule has 0 atom stereocenters. The van der Waals surface area contributed by atoms with Gasteiger partial charge in [-0.1, -0.05) is 72.8 Å². The molecule has 0 saturated carbocycles. The molecule has 0 fully saturated rings. The number of rotatable bonds is 4. The number of para-hydroxylation sites is 2. The highest BCUT2D eigenvalue weighted by atomic mass is 15.1. The summed E-state index contributed by atoms with van der Waals surface area (Å²) in [7, 11) is 0. The van der Waals surface area contributed by atoms with Crippen molar-refractivity contribution in [3.05, 3.63) is 146 Å². The van der Waals surface area contributed by atoms with E-state index >= 15 is 0 Å². The summed E-state index contributed by atoms with van der Waals surface area (Å²) < 4.78 is 2.36. The van der Waals surface area contributed by atoms with E-state index in [4.69, 9.17) is 0 Å². The SMILES string of the molecule is c1ccc(N(c2ccccc2)c2ccc3c4c5ccccc5ccc4n(-c4ccc5nccnc5c4)c3c2)cc1. The summed E-state index contributed by atoms with van der Waals surface area (Å²) in [6, 6.07) is 47.3. The summed E-state index contributed by atoms with van der Waals surface area (Å²) >= 11 is 0. The lowest BCUT2D eigenvalue weighted by Gasteiger charge is -2.25. The minimum absolute atomic E-state index is 0.877. The Morgan fingerprint density at radius 3 is 1.95 bits per heavy atom. The first kappa shape index (κ1) is 22.5. The van der Waals surface area contributed by atoms with Crippen LogP contribution in [0.15, 0.2) is 146 Å². The van der Waals surface area contributed by atoms with Gasteiger partial charge in [-0.05, 0) is 71.4 Å². The Hall–Kier alpha value is -5.48. The Bertz CT molecular complexity index is 2130. The van der Waals surface area contributed by atoms with E-state index in [1.54, 1.807) is 12.4 Å². The Labute approximate surface area is 231 Å². The minimum Gasteiger partial charge on any atom is -0.310 e. The van der Waals surface area contributed by atoms with E-state index in [9.17, 15) is 0 Å². The smallest absolute Gasteiger partial charge is 0.0907 e. The van der Waals surface area contributed by atoms with Gasteiger partial charge in [0.15, 0.2) is 0 Å². The van der Waals surface area contributed by atoms with Gasteiger partial charge in [0.25, 0.3) is 0 Å². The molecule has 6 aromatic carbocycles. The van der Waals surface area contributed by atoms with Gasteiger partial charge >= 0.3 is 0 Å². The first-order chi connectivity index (χ1) is 19.8. The third-order valence-corrected chi connectivity index (χ3v) is 7.64. The van der Waals surface area contributed by atoms with E-state index in [1.165, 1.54) is 27.1 Å². The first-order valence-electron chi connectivity index (χ1n) is 13.4. The molecule has 0 radical (unpaired) electrons. The Morgan fingerprint density at radius 1 is 0.475 bits per heavy atom. The van der Waals surface area contributed by atoms with Crippen LogP contribution in [0.4, 0.5) is 17.1 Å². The minimum atomic E-state index is 0.877. The normalized spacial score (nSPS) is 11.5. The number of anilines is 3. The number of aromatic nitrogens is 3. The maximum absolute atomic E-state index is 4.60. The van der Waals surface area contributed by atoms with Crippen LogP contribution in [0.2, 0.25) is 0 Å². The average Bonchev–Trinajstić information content (AvgIpc) is 3.36. The topological polar surface area (TPSA) is 34.0 Å². The van der Waals surface area contributed by atoms with E-state index in [2.05, 4.69) is 153 Å². The van der Waals surface area contributed by atoms with Crippen LogP contribution in [0, 0.1) is 0 Å². The van der Waals surface area contributed by atoms with E-state index in [-0.39, 0.29) is 0 Å². The second-order valence-corrected chi connectivity index (χ2v) is 9.95. The van der Waals surface area contributed by atoms with Crippen LogP contribution < -0.4 is 4.90 Å². The fourth-order valence-electron chi connectivity index (χ4n) is 5.88. The summed E-state index contributed by atoms with van der Waals surface area (Å²) in [5.74, 6) is 0. The number of nitrogens with zero attached hydrogens (tertiary/aromatic N) is 4. The predicted octanol–water partition coefficient (Wildman–Crippen LogP) is 9.35. The number of benzene rings is 6. The van der Waals surface area contributed by atoms with Crippen LogP contribution >= 0.6 is 0 Å². The summed E-state index contributed by atoms with van der Waals surface area (Å²) in [6.07, 6.45) is 3.49. The van der Waals surface area contributed by atoms with Crippen LogP contribution in [0.25, 0.3) is 49.3 Å². The monoisotopic (exact) mass is 512 g/mol. The van der Waals surface area contributed by atoms with Crippen molar-refractivity contribution in [2.45, 2.75) is 0 Å². The number of fused-ring (bicyclic) bond motifs is 6. The second-order valence-electron chi connectivity index (χ2n) is 9.95. The third kappa shape index (κ3) is 3.54. The van der Waals surface area contributed by atoms with Crippen LogP contribution in [0.3, 0.4) is 0 Å². The standard InChI is InChI=1S/C36H24N4/c1-3-10-26(11-4-1)39(27-12-5-2-6-13-27)29-16-18-31-35(24-29)40(28-17-19-32-33(23-28)38-22-21-37-32)34-20-15-25-9-7-8-14-30(25)36(31)34/h1-24H. The van der Waals surface area contributed by atoms with Crippen LogP contribution in [0.1, 0.15) is 0 Å². The van der Waals surface area contributed by atoms with Crippen LogP contribution in [0.5, 0.6) is 0 Å². The van der Waals surface area contributed by atoms with Gasteiger partial charge in [0.05, 0.1) is 22.1 Å². The first-order valence-corrected chi connectivity index (χ1v) is 13.4. The number of hydrogen-bond donors (Lipinski definition) is 0. The Kier molecular flexibility index (Phi) is 5.10. The van der Waals surface area contributed by atoms with E-state index in [0.29, 0.717) is 0 Å². The summed E-state index contributed by atoms with van der Waals surface area (Å²) in [5, 5.41) is 4.96. The molecule has 40 heavy (non-hydrogen) atoms. The van der Waals surface area contributed by atoms with Gasteiger partial charge in [-0.3, -0.25) is 9.97 Å². The molecule has 188 valence electrons. The van der Waals surface area contributed by atoms with Gasteiger partial charge in [-0.2, -0.15) is 0 Å². The van der Waals surface area contributed by atoms with Crippen molar-refractivity contribution in [1.29, 1.82) is 0 Å². The lowest BCUT2D eigenvalue weighted by molar-refractivity contribution is 1.17. The number of hydrogen-bond acceptors (Lipinski definition) is 3. The van der Waals surface area contributed by atoms with Crippen molar-refractivity contribution in [3.8, 4) is 5.69 Å². The van der Waals surface area contributed by atoms with Gasteiger partial charge in [0, 0.05) is 45.9 Å².